The van der Waals surface area contributed by atoms with Gasteiger partial charge in [-0.2, -0.15) is 0 Å². The third kappa shape index (κ3) is 5.51. The van der Waals surface area contributed by atoms with Crippen LogP contribution in [0.2, 0.25) is 0 Å². The molecule has 1 aromatic rings. The molecule has 7 nitrogen and oxygen atoms in total. The van der Waals surface area contributed by atoms with E-state index in [9.17, 15) is 13.2 Å². The second kappa shape index (κ2) is 9.14. The monoisotopic (exact) mass is 396 g/mol. The van der Waals surface area contributed by atoms with Gasteiger partial charge in [0, 0.05) is 58.4 Å². The third-order valence-corrected chi connectivity index (χ3v) is 6.97. The van der Waals surface area contributed by atoms with Crippen LogP contribution in [0.5, 0.6) is 0 Å². The molecule has 0 aromatic heterocycles. The van der Waals surface area contributed by atoms with E-state index in [0.29, 0.717) is 18.0 Å². The van der Waals surface area contributed by atoms with E-state index < -0.39 is 10.0 Å². The lowest BCUT2D eigenvalue weighted by Gasteiger charge is -2.39. The fraction of sp³-hybridized carbons (Fsp3) is 0.632. The molecular formula is C19H32N4O3S. The first-order valence-corrected chi connectivity index (χ1v) is 10.8. The summed E-state index contributed by atoms with van der Waals surface area (Å²) in [5, 5.41) is 3.02. The molecule has 0 aliphatic carbocycles. The van der Waals surface area contributed by atoms with Gasteiger partial charge in [0.1, 0.15) is 0 Å². The summed E-state index contributed by atoms with van der Waals surface area (Å²) in [5.74, 6) is 0.255. The SMILES string of the molecule is CC(C)C(CNC(=O)c1ccc(S(=O)(=O)N(C)C)cc1)N1CCN(C)CC1. The summed E-state index contributed by atoms with van der Waals surface area (Å²) in [6.45, 7) is 9.03. The van der Waals surface area contributed by atoms with E-state index in [1.54, 1.807) is 12.1 Å². The van der Waals surface area contributed by atoms with Crippen molar-refractivity contribution < 1.29 is 13.2 Å². The molecular weight excluding hydrogens is 364 g/mol. The van der Waals surface area contributed by atoms with Crippen molar-refractivity contribution in [2.24, 2.45) is 5.92 Å². The zero-order chi connectivity index (χ0) is 20.2. The van der Waals surface area contributed by atoms with Crippen molar-refractivity contribution >= 4 is 15.9 Å². The van der Waals surface area contributed by atoms with Gasteiger partial charge in [-0.15, -0.1) is 0 Å². The lowest BCUT2D eigenvalue weighted by molar-refractivity contribution is 0.0791. The van der Waals surface area contributed by atoms with Crippen LogP contribution < -0.4 is 5.32 Å². The van der Waals surface area contributed by atoms with Crippen LogP contribution >= 0.6 is 0 Å². The van der Waals surface area contributed by atoms with Gasteiger partial charge in [0.05, 0.1) is 4.90 Å². The number of benzene rings is 1. The van der Waals surface area contributed by atoms with Crippen LogP contribution in [-0.2, 0) is 10.0 Å². The molecule has 0 radical (unpaired) electrons. The first kappa shape index (κ1) is 21.8. The molecule has 1 unspecified atom stereocenters. The zero-order valence-corrected chi connectivity index (χ0v) is 17.8. The molecule has 1 atom stereocenters. The Morgan fingerprint density at radius 2 is 1.67 bits per heavy atom. The number of piperazine rings is 1. The third-order valence-electron chi connectivity index (χ3n) is 5.14. The van der Waals surface area contributed by atoms with Crippen molar-refractivity contribution in [1.29, 1.82) is 0 Å². The molecule has 1 amide bonds. The summed E-state index contributed by atoms with van der Waals surface area (Å²) in [5.41, 5.74) is 0.466. The van der Waals surface area contributed by atoms with Gasteiger partial charge in [-0.05, 0) is 37.2 Å². The minimum absolute atomic E-state index is 0.177. The smallest absolute Gasteiger partial charge is 0.251 e. The van der Waals surface area contributed by atoms with Crippen LogP contribution in [0.4, 0.5) is 0 Å². The number of likely N-dealkylation sites (N-methyl/N-ethyl adjacent to an activating group) is 1. The topological polar surface area (TPSA) is 73.0 Å². The van der Waals surface area contributed by atoms with Gasteiger partial charge in [0.15, 0.2) is 0 Å². The minimum atomic E-state index is -3.48. The van der Waals surface area contributed by atoms with Crippen LogP contribution in [-0.4, -0.2) is 88.3 Å². The van der Waals surface area contributed by atoms with Crippen LogP contribution in [0.15, 0.2) is 29.2 Å². The predicted octanol–water partition coefficient (Wildman–Crippen LogP) is 0.939. The van der Waals surface area contributed by atoms with Gasteiger partial charge in [0.25, 0.3) is 5.91 Å². The van der Waals surface area contributed by atoms with Crippen molar-refractivity contribution in [2.75, 3.05) is 53.9 Å². The molecule has 2 rings (SSSR count). The average molecular weight is 397 g/mol. The minimum Gasteiger partial charge on any atom is -0.350 e. The number of carbonyl (C=O) groups excluding carboxylic acids is 1. The standard InChI is InChI=1S/C19H32N4O3S/c1-15(2)18(23-12-10-22(5)11-13-23)14-20-19(24)16-6-8-17(9-7-16)27(25,26)21(3)4/h6-9,15,18H,10-14H2,1-5H3,(H,20,24). The van der Waals surface area contributed by atoms with Crippen LogP contribution in [0.3, 0.4) is 0 Å². The van der Waals surface area contributed by atoms with Crippen molar-refractivity contribution in [3.8, 4) is 0 Å². The lowest BCUT2D eigenvalue weighted by atomic mass is 10.0. The summed E-state index contributed by atoms with van der Waals surface area (Å²) in [6, 6.07) is 6.36. The molecule has 27 heavy (non-hydrogen) atoms. The van der Waals surface area contributed by atoms with Crippen LogP contribution in [0.1, 0.15) is 24.2 Å². The number of hydrogen-bond donors (Lipinski definition) is 1. The van der Waals surface area contributed by atoms with Gasteiger partial charge in [-0.25, -0.2) is 12.7 Å². The Bertz CT molecular complexity index is 724. The van der Waals surface area contributed by atoms with E-state index in [4.69, 9.17) is 0 Å². The average Bonchev–Trinajstić information content (AvgIpc) is 2.62. The fourth-order valence-electron chi connectivity index (χ4n) is 3.23. The van der Waals surface area contributed by atoms with Gasteiger partial charge in [-0.3, -0.25) is 9.69 Å². The zero-order valence-electron chi connectivity index (χ0n) is 17.0. The summed E-state index contributed by atoms with van der Waals surface area (Å²) < 4.78 is 25.4. The number of hydrogen-bond acceptors (Lipinski definition) is 5. The second-order valence-electron chi connectivity index (χ2n) is 7.67. The molecule has 1 N–H and O–H groups in total. The predicted molar refractivity (Wildman–Crippen MR) is 107 cm³/mol. The molecule has 0 spiro atoms. The number of sulfonamides is 1. The lowest BCUT2D eigenvalue weighted by Crippen LogP contribution is -2.54. The quantitative estimate of drug-likeness (QED) is 0.743. The van der Waals surface area contributed by atoms with E-state index in [-0.39, 0.29) is 16.8 Å². The largest absolute Gasteiger partial charge is 0.350 e. The van der Waals surface area contributed by atoms with E-state index in [1.165, 1.54) is 26.2 Å². The molecule has 152 valence electrons. The Kier molecular flexibility index (Phi) is 7.39. The molecule has 0 bridgehead atoms. The maximum atomic E-state index is 12.5. The highest BCUT2D eigenvalue weighted by molar-refractivity contribution is 7.89. The Hall–Kier alpha value is -1.48. The maximum absolute atomic E-state index is 12.5. The van der Waals surface area contributed by atoms with Crippen molar-refractivity contribution in [1.82, 2.24) is 19.4 Å². The Labute approximate surface area is 163 Å². The van der Waals surface area contributed by atoms with Gasteiger partial charge >= 0.3 is 0 Å². The number of rotatable bonds is 7. The molecule has 1 heterocycles. The highest BCUT2D eigenvalue weighted by Crippen LogP contribution is 2.15. The summed E-state index contributed by atoms with van der Waals surface area (Å²) in [7, 11) is 1.62. The normalized spacial score (nSPS) is 18.0. The number of amides is 1. The number of nitrogens with zero attached hydrogens (tertiary/aromatic N) is 3. The molecule has 1 aliphatic heterocycles. The number of carbonyl (C=O) groups is 1. The van der Waals surface area contributed by atoms with Crippen molar-refractivity contribution in [3.63, 3.8) is 0 Å². The van der Waals surface area contributed by atoms with Gasteiger partial charge < -0.3 is 10.2 Å². The van der Waals surface area contributed by atoms with Crippen molar-refractivity contribution in [3.05, 3.63) is 29.8 Å². The summed E-state index contributed by atoms with van der Waals surface area (Å²) in [6.07, 6.45) is 0. The maximum Gasteiger partial charge on any atom is 0.251 e. The first-order chi connectivity index (χ1) is 12.6. The summed E-state index contributed by atoms with van der Waals surface area (Å²) >= 11 is 0. The van der Waals surface area contributed by atoms with E-state index in [2.05, 4.69) is 36.0 Å². The Balaban J connectivity index is 1.99. The summed E-state index contributed by atoms with van der Waals surface area (Å²) in [4.78, 5) is 17.4. The second-order valence-corrected chi connectivity index (χ2v) is 9.82. The van der Waals surface area contributed by atoms with E-state index in [1.807, 2.05) is 0 Å². The Morgan fingerprint density at radius 1 is 1.11 bits per heavy atom. The van der Waals surface area contributed by atoms with E-state index in [0.717, 1.165) is 30.5 Å². The fourth-order valence-corrected chi connectivity index (χ4v) is 4.13. The van der Waals surface area contributed by atoms with Crippen LogP contribution in [0, 0.1) is 5.92 Å². The first-order valence-electron chi connectivity index (χ1n) is 9.36. The van der Waals surface area contributed by atoms with E-state index >= 15 is 0 Å². The molecule has 1 aliphatic rings. The van der Waals surface area contributed by atoms with Gasteiger partial charge in [-0.1, -0.05) is 13.8 Å². The highest BCUT2D eigenvalue weighted by Gasteiger charge is 2.25. The van der Waals surface area contributed by atoms with Crippen LogP contribution in [0.25, 0.3) is 0 Å². The molecule has 1 fully saturated rings. The molecule has 1 aromatic carbocycles. The molecule has 0 saturated carbocycles. The Morgan fingerprint density at radius 3 is 2.15 bits per heavy atom. The van der Waals surface area contributed by atoms with Crippen molar-refractivity contribution in [2.45, 2.75) is 24.8 Å². The van der Waals surface area contributed by atoms with Gasteiger partial charge in [0.2, 0.25) is 10.0 Å². The number of nitrogens with one attached hydrogen (secondary N) is 1. The molecule has 1 saturated heterocycles. The molecule has 8 heteroatoms. The highest BCUT2D eigenvalue weighted by atomic mass is 32.2.